The van der Waals surface area contributed by atoms with Gasteiger partial charge in [0.2, 0.25) is 11.9 Å². The predicted molar refractivity (Wildman–Crippen MR) is 82.5 cm³/mol. The van der Waals surface area contributed by atoms with Gasteiger partial charge in [-0.05, 0) is 25.0 Å². The zero-order valence-corrected chi connectivity index (χ0v) is 12.3. The van der Waals surface area contributed by atoms with Crippen molar-refractivity contribution in [2.45, 2.75) is 26.7 Å². The molecule has 0 fully saturated rings. The van der Waals surface area contributed by atoms with E-state index in [9.17, 15) is 0 Å². The molecule has 21 heavy (non-hydrogen) atoms. The van der Waals surface area contributed by atoms with Crippen molar-refractivity contribution < 1.29 is 4.74 Å². The van der Waals surface area contributed by atoms with Crippen molar-refractivity contribution in [1.29, 1.82) is 0 Å². The summed E-state index contributed by atoms with van der Waals surface area (Å²) in [4.78, 5) is 12.4. The molecule has 0 radical (unpaired) electrons. The summed E-state index contributed by atoms with van der Waals surface area (Å²) in [5, 5.41) is 3.19. The third kappa shape index (κ3) is 4.03. The number of ether oxygens (including phenoxy) is 1. The van der Waals surface area contributed by atoms with Gasteiger partial charge in [-0.15, -0.1) is 0 Å². The molecule has 0 unspecified atom stereocenters. The van der Waals surface area contributed by atoms with Gasteiger partial charge in [-0.1, -0.05) is 31.5 Å². The molecule has 0 aliphatic heterocycles. The third-order valence-electron chi connectivity index (χ3n) is 2.80. The van der Waals surface area contributed by atoms with Crippen LogP contribution in [0.5, 0.6) is 6.01 Å². The molecule has 1 heterocycles. The summed E-state index contributed by atoms with van der Waals surface area (Å²) < 4.78 is 5.31. The van der Waals surface area contributed by atoms with Gasteiger partial charge in [-0.3, -0.25) is 5.43 Å². The Morgan fingerprint density at radius 3 is 2.57 bits per heavy atom. The summed E-state index contributed by atoms with van der Waals surface area (Å²) in [7, 11) is 0. The van der Waals surface area contributed by atoms with Crippen molar-refractivity contribution >= 4 is 17.6 Å². The second-order valence-corrected chi connectivity index (χ2v) is 4.37. The number of benzene rings is 1. The smallest absolute Gasteiger partial charge is 0.323 e. The molecule has 1 aromatic carbocycles. The van der Waals surface area contributed by atoms with E-state index in [4.69, 9.17) is 10.6 Å². The fraction of sp³-hybridized carbons (Fsp3) is 0.357. The number of para-hydroxylation sites is 1. The van der Waals surface area contributed by atoms with Gasteiger partial charge in [0.05, 0.1) is 6.61 Å². The summed E-state index contributed by atoms with van der Waals surface area (Å²) in [5.74, 6) is 6.02. The van der Waals surface area contributed by atoms with Crippen LogP contribution in [0.15, 0.2) is 24.3 Å². The quantitative estimate of drug-likeness (QED) is 0.531. The Morgan fingerprint density at radius 2 is 1.86 bits per heavy atom. The first-order valence-electron chi connectivity index (χ1n) is 6.97. The van der Waals surface area contributed by atoms with Crippen LogP contribution in [-0.2, 0) is 6.42 Å². The van der Waals surface area contributed by atoms with Crippen LogP contribution in [0.3, 0.4) is 0 Å². The van der Waals surface area contributed by atoms with Crippen LogP contribution in [0.1, 0.15) is 25.8 Å². The van der Waals surface area contributed by atoms with E-state index in [2.05, 4.69) is 38.7 Å². The number of rotatable bonds is 7. The van der Waals surface area contributed by atoms with Crippen molar-refractivity contribution in [2.24, 2.45) is 5.84 Å². The van der Waals surface area contributed by atoms with Gasteiger partial charge in [0.15, 0.2) is 0 Å². The number of nitrogens with two attached hydrogens (primary N) is 1. The molecule has 0 spiro atoms. The summed E-state index contributed by atoms with van der Waals surface area (Å²) >= 11 is 0. The van der Waals surface area contributed by atoms with Crippen LogP contribution < -0.4 is 21.3 Å². The minimum absolute atomic E-state index is 0.232. The summed E-state index contributed by atoms with van der Waals surface area (Å²) in [6.07, 6.45) is 2.05. The van der Waals surface area contributed by atoms with Crippen LogP contribution in [0.2, 0.25) is 0 Å². The summed E-state index contributed by atoms with van der Waals surface area (Å²) in [6, 6.07) is 8.29. The summed E-state index contributed by atoms with van der Waals surface area (Å²) in [6.45, 7) is 4.48. The number of hydrazine groups is 1. The largest absolute Gasteiger partial charge is 0.464 e. The Balaban J connectivity index is 2.28. The molecule has 7 heteroatoms. The molecule has 0 atom stereocenters. The molecule has 2 aromatic rings. The molecular formula is C14H20N6O. The van der Waals surface area contributed by atoms with Crippen molar-refractivity contribution in [3.8, 4) is 6.01 Å². The zero-order chi connectivity index (χ0) is 15.1. The third-order valence-corrected chi connectivity index (χ3v) is 2.80. The fourth-order valence-corrected chi connectivity index (χ4v) is 1.92. The minimum Gasteiger partial charge on any atom is -0.464 e. The van der Waals surface area contributed by atoms with Crippen molar-refractivity contribution in [1.82, 2.24) is 15.0 Å². The Labute approximate surface area is 123 Å². The normalized spacial score (nSPS) is 10.2. The van der Waals surface area contributed by atoms with Crippen LogP contribution in [0.25, 0.3) is 0 Å². The van der Waals surface area contributed by atoms with E-state index >= 15 is 0 Å². The van der Waals surface area contributed by atoms with Crippen LogP contribution >= 0.6 is 0 Å². The SMILES string of the molecule is CCCc1ccccc1Nc1nc(NN)nc(OCC)n1. The molecule has 0 saturated heterocycles. The van der Waals surface area contributed by atoms with Crippen molar-refractivity contribution in [3.05, 3.63) is 29.8 Å². The first-order valence-corrected chi connectivity index (χ1v) is 6.97. The lowest BCUT2D eigenvalue weighted by atomic mass is 10.1. The van der Waals surface area contributed by atoms with E-state index < -0.39 is 0 Å². The Hall–Kier alpha value is -2.41. The Kier molecular flexibility index (Phi) is 5.28. The molecule has 2 rings (SSSR count). The average Bonchev–Trinajstić information content (AvgIpc) is 2.49. The topological polar surface area (TPSA) is 98.0 Å². The second-order valence-electron chi connectivity index (χ2n) is 4.37. The van der Waals surface area contributed by atoms with E-state index in [0.717, 1.165) is 18.5 Å². The fourth-order valence-electron chi connectivity index (χ4n) is 1.92. The molecule has 0 aliphatic carbocycles. The number of hydrogen-bond acceptors (Lipinski definition) is 7. The van der Waals surface area contributed by atoms with Crippen LogP contribution in [0, 0.1) is 0 Å². The van der Waals surface area contributed by atoms with Crippen molar-refractivity contribution in [2.75, 3.05) is 17.3 Å². The van der Waals surface area contributed by atoms with Gasteiger partial charge in [0.25, 0.3) is 0 Å². The zero-order valence-electron chi connectivity index (χ0n) is 12.3. The highest BCUT2D eigenvalue weighted by Gasteiger charge is 2.08. The number of nitrogen functional groups attached to an aromatic ring is 1. The highest BCUT2D eigenvalue weighted by atomic mass is 16.5. The number of anilines is 3. The van der Waals surface area contributed by atoms with Gasteiger partial charge in [-0.2, -0.15) is 15.0 Å². The maximum Gasteiger partial charge on any atom is 0.323 e. The highest BCUT2D eigenvalue weighted by molar-refractivity contribution is 5.59. The molecule has 7 nitrogen and oxygen atoms in total. The lowest BCUT2D eigenvalue weighted by molar-refractivity contribution is 0.312. The van der Waals surface area contributed by atoms with Gasteiger partial charge < -0.3 is 10.1 Å². The Bertz CT molecular complexity index is 589. The lowest BCUT2D eigenvalue weighted by Gasteiger charge is -2.11. The van der Waals surface area contributed by atoms with Crippen LogP contribution in [-0.4, -0.2) is 21.6 Å². The Morgan fingerprint density at radius 1 is 1.10 bits per heavy atom. The maximum absolute atomic E-state index is 5.37. The number of aromatic nitrogens is 3. The average molecular weight is 288 g/mol. The number of nitrogens with zero attached hydrogens (tertiary/aromatic N) is 3. The molecule has 0 aliphatic rings. The van der Waals surface area contributed by atoms with Crippen LogP contribution in [0.4, 0.5) is 17.6 Å². The van der Waals surface area contributed by atoms with E-state index in [-0.39, 0.29) is 12.0 Å². The van der Waals surface area contributed by atoms with E-state index in [1.54, 1.807) is 0 Å². The van der Waals surface area contributed by atoms with Gasteiger partial charge in [0.1, 0.15) is 0 Å². The summed E-state index contributed by atoms with van der Waals surface area (Å²) in [5.41, 5.74) is 4.59. The number of nitrogens with one attached hydrogen (secondary N) is 2. The molecule has 0 saturated carbocycles. The first-order chi connectivity index (χ1) is 10.3. The van der Waals surface area contributed by atoms with E-state index in [1.165, 1.54) is 5.56 Å². The van der Waals surface area contributed by atoms with Gasteiger partial charge in [0, 0.05) is 5.69 Å². The second kappa shape index (κ2) is 7.39. The molecular weight excluding hydrogens is 268 g/mol. The predicted octanol–water partition coefficient (Wildman–Crippen LogP) is 2.25. The molecule has 4 N–H and O–H groups in total. The lowest BCUT2D eigenvalue weighted by Crippen LogP contribution is -2.13. The number of aryl methyl sites for hydroxylation is 1. The maximum atomic E-state index is 5.37. The monoisotopic (exact) mass is 288 g/mol. The van der Waals surface area contributed by atoms with Gasteiger partial charge in [-0.25, -0.2) is 5.84 Å². The molecule has 1 aromatic heterocycles. The first kappa shape index (κ1) is 15.0. The van der Waals surface area contributed by atoms with Gasteiger partial charge >= 0.3 is 6.01 Å². The van der Waals surface area contributed by atoms with Crippen molar-refractivity contribution in [3.63, 3.8) is 0 Å². The standard InChI is InChI=1S/C14H20N6O/c1-3-7-10-8-5-6-9-11(10)16-12-17-13(20-15)19-14(18-12)21-4-2/h5-6,8-9H,3-4,7,15H2,1-2H3,(H2,16,17,18,19,20). The minimum atomic E-state index is 0.232. The molecule has 0 bridgehead atoms. The number of hydrogen-bond donors (Lipinski definition) is 3. The molecule has 112 valence electrons. The van der Waals surface area contributed by atoms with E-state index in [1.807, 2.05) is 25.1 Å². The molecule has 0 amide bonds. The highest BCUT2D eigenvalue weighted by Crippen LogP contribution is 2.21. The van der Waals surface area contributed by atoms with E-state index in [0.29, 0.717) is 12.6 Å².